The number of para-hydroxylation sites is 1. The Labute approximate surface area is 126 Å². The first kappa shape index (κ1) is 14.0. The summed E-state index contributed by atoms with van der Waals surface area (Å²) in [4.78, 5) is 4.53. The molecule has 2 aromatic carbocycles. The predicted octanol–water partition coefficient (Wildman–Crippen LogP) is 5.04. The lowest BCUT2D eigenvalue weighted by Crippen LogP contribution is -2.00. The quantitative estimate of drug-likeness (QED) is 0.618. The summed E-state index contributed by atoms with van der Waals surface area (Å²) in [7, 11) is 0. The number of benzene rings is 2. The van der Waals surface area contributed by atoms with Gasteiger partial charge in [-0.3, -0.25) is 4.98 Å². The molecule has 1 atom stereocenters. The van der Waals surface area contributed by atoms with E-state index < -0.39 is 17.0 Å². The van der Waals surface area contributed by atoms with Gasteiger partial charge in [-0.2, -0.15) is 0 Å². The van der Waals surface area contributed by atoms with Crippen LogP contribution >= 0.6 is 11.6 Å². The van der Waals surface area contributed by atoms with Gasteiger partial charge in [0.25, 0.3) is 0 Å². The molecule has 1 heterocycles. The first-order valence-electron chi connectivity index (χ1n) is 6.57. The molecule has 21 heavy (non-hydrogen) atoms. The molecule has 0 saturated carbocycles. The fourth-order valence-electron chi connectivity index (χ4n) is 2.23. The van der Waals surface area contributed by atoms with Gasteiger partial charge in [-0.05, 0) is 29.8 Å². The van der Waals surface area contributed by atoms with Gasteiger partial charge in [0.15, 0.2) is 11.6 Å². The van der Waals surface area contributed by atoms with Gasteiger partial charge in [0.05, 0.1) is 10.9 Å². The Balaban J connectivity index is 1.85. The Morgan fingerprint density at radius 3 is 2.57 bits per heavy atom. The van der Waals surface area contributed by atoms with Crippen LogP contribution in [0.4, 0.5) is 8.78 Å². The van der Waals surface area contributed by atoms with E-state index in [1.165, 1.54) is 6.07 Å². The molecule has 1 nitrogen and oxygen atoms in total. The van der Waals surface area contributed by atoms with Crippen molar-refractivity contribution in [2.24, 2.45) is 0 Å². The maximum absolute atomic E-state index is 13.2. The van der Waals surface area contributed by atoms with Gasteiger partial charge < -0.3 is 0 Å². The summed E-state index contributed by atoms with van der Waals surface area (Å²) in [5.74, 6) is -1.75. The standard InChI is InChI=1S/C17H12ClF2N/c18-14(12-6-8-15(19)16(20)9-12)10-13-7-5-11-3-1-2-4-17(11)21-13/h1-9,14H,10H2. The minimum Gasteiger partial charge on any atom is -0.253 e. The molecule has 3 aromatic rings. The highest BCUT2D eigenvalue weighted by molar-refractivity contribution is 6.20. The van der Waals surface area contributed by atoms with Gasteiger partial charge in [-0.15, -0.1) is 11.6 Å². The van der Waals surface area contributed by atoms with Crippen LogP contribution in [-0.2, 0) is 6.42 Å². The number of rotatable bonds is 3. The fourth-order valence-corrected chi connectivity index (χ4v) is 2.52. The predicted molar refractivity (Wildman–Crippen MR) is 80.4 cm³/mol. The Kier molecular flexibility index (Phi) is 3.84. The SMILES string of the molecule is Fc1ccc(C(Cl)Cc2ccc3ccccc3n2)cc1F. The maximum atomic E-state index is 13.2. The van der Waals surface area contributed by atoms with E-state index in [0.717, 1.165) is 28.7 Å². The molecule has 0 radical (unpaired) electrons. The van der Waals surface area contributed by atoms with Crippen LogP contribution < -0.4 is 0 Å². The van der Waals surface area contributed by atoms with Crippen LogP contribution in [0.15, 0.2) is 54.6 Å². The molecule has 3 rings (SSSR count). The average Bonchev–Trinajstić information content (AvgIpc) is 2.50. The summed E-state index contributed by atoms with van der Waals surface area (Å²) < 4.78 is 26.2. The number of hydrogen-bond donors (Lipinski definition) is 0. The normalized spacial score (nSPS) is 12.5. The van der Waals surface area contributed by atoms with Crippen molar-refractivity contribution >= 4 is 22.5 Å². The molecular formula is C17H12ClF2N. The molecule has 1 aromatic heterocycles. The van der Waals surface area contributed by atoms with Crippen LogP contribution in [0.25, 0.3) is 10.9 Å². The van der Waals surface area contributed by atoms with Gasteiger partial charge in [-0.25, -0.2) is 8.78 Å². The third-order valence-electron chi connectivity index (χ3n) is 3.35. The highest BCUT2D eigenvalue weighted by Crippen LogP contribution is 2.26. The van der Waals surface area contributed by atoms with E-state index in [4.69, 9.17) is 11.6 Å². The van der Waals surface area contributed by atoms with E-state index >= 15 is 0 Å². The summed E-state index contributed by atoms with van der Waals surface area (Å²) in [5.41, 5.74) is 2.26. The number of nitrogens with zero attached hydrogens (tertiary/aromatic N) is 1. The number of aromatic nitrogens is 1. The van der Waals surface area contributed by atoms with Crippen molar-refractivity contribution < 1.29 is 8.78 Å². The Hall–Kier alpha value is -2.00. The Morgan fingerprint density at radius 1 is 0.952 bits per heavy atom. The zero-order valence-electron chi connectivity index (χ0n) is 11.1. The second-order valence-electron chi connectivity index (χ2n) is 4.84. The Bertz CT molecular complexity index is 789. The van der Waals surface area contributed by atoms with Crippen LogP contribution in [0.5, 0.6) is 0 Å². The van der Waals surface area contributed by atoms with Crippen LogP contribution in [0.1, 0.15) is 16.6 Å². The van der Waals surface area contributed by atoms with E-state index in [2.05, 4.69) is 4.98 Å². The largest absolute Gasteiger partial charge is 0.253 e. The van der Waals surface area contributed by atoms with Crippen LogP contribution in [-0.4, -0.2) is 4.98 Å². The fraction of sp³-hybridized carbons (Fsp3) is 0.118. The number of pyridine rings is 1. The average molecular weight is 304 g/mol. The summed E-state index contributed by atoms with van der Waals surface area (Å²) in [6.07, 6.45) is 0.456. The van der Waals surface area contributed by atoms with Crippen molar-refractivity contribution in [1.82, 2.24) is 4.98 Å². The molecule has 0 spiro atoms. The minimum absolute atomic E-state index is 0.450. The van der Waals surface area contributed by atoms with Gasteiger partial charge >= 0.3 is 0 Å². The van der Waals surface area contributed by atoms with E-state index in [1.807, 2.05) is 36.4 Å². The molecule has 4 heteroatoms. The maximum Gasteiger partial charge on any atom is 0.159 e. The molecule has 0 N–H and O–H groups in total. The molecule has 0 fully saturated rings. The number of alkyl halides is 1. The molecular weight excluding hydrogens is 292 g/mol. The second kappa shape index (κ2) is 5.78. The topological polar surface area (TPSA) is 12.9 Å². The highest BCUT2D eigenvalue weighted by Gasteiger charge is 2.13. The van der Waals surface area contributed by atoms with Gasteiger partial charge in [0, 0.05) is 17.5 Å². The summed E-state index contributed by atoms with van der Waals surface area (Å²) in [6.45, 7) is 0. The molecule has 0 aliphatic heterocycles. The van der Waals surface area contributed by atoms with Gasteiger partial charge in [0.2, 0.25) is 0 Å². The lowest BCUT2D eigenvalue weighted by Gasteiger charge is -2.10. The van der Waals surface area contributed by atoms with Gasteiger partial charge in [-0.1, -0.05) is 30.3 Å². The van der Waals surface area contributed by atoms with E-state index in [1.54, 1.807) is 0 Å². The summed E-state index contributed by atoms with van der Waals surface area (Å²) >= 11 is 6.29. The van der Waals surface area contributed by atoms with E-state index in [9.17, 15) is 8.78 Å². The summed E-state index contributed by atoms with van der Waals surface area (Å²) in [6, 6.07) is 15.4. The monoisotopic (exact) mass is 303 g/mol. The van der Waals surface area contributed by atoms with Crippen molar-refractivity contribution in [1.29, 1.82) is 0 Å². The number of hydrogen-bond acceptors (Lipinski definition) is 1. The van der Waals surface area contributed by atoms with Crippen molar-refractivity contribution in [3.05, 3.63) is 77.5 Å². The summed E-state index contributed by atoms with van der Waals surface area (Å²) in [5, 5.41) is 0.606. The smallest absolute Gasteiger partial charge is 0.159 e. The lowest BCUT2D eigenvalue weighted by atomic mass is 10.1. The zero-order chi connectivity index (χ0) is 14.8. The third kappa shape index (κ3) is 3.03. The van der Waals surface area contributed by atoms with Gasteiger partial charge in [0.1, 0.15) is 0 Å². The first-order chi connectivity index (χ1) is 10.1. The van der Waals surface area contributed by atoms with Crippen molar-refractivity contribution in [2.45, 2.75) is 11.8 Å². The molecule has 0 amide bonds. The molecule has 106 valence electrons. The van der Waals surface area contributed by atoms with Crippen molar-refractivity contribution in [3.63, 3.8) is 0 Å². The number of fused-ring (bicyclic) bond motifs is 1. The van der Waals surface area contributed by atoms with Crippen LogP contribution in [0.3, 0.4) is 0 Å². The second-order valence-corrected chi connectivity index (χ2v) is 5.37. The van der Waals surface area contributed by atoms with Crippen LogP contribution in [0.2, 0.25) is 0 Å². The third-order valence-corrected chi connectivity index (χ3v) is 3.76. The Morgan fingerprint density at radius 2 is 1.76 bits per heavy atom. The highest BCUT2D eigenvalue weighted by atomic mass is 35.5. The first-order valence-corrected chi connectivity index (χ1v) is 7.01. The zero-order valence-corrected chi connectivity index (χ0v) is 11.8. The molecule has 0 bridgehead atoms. The van der Waals surface area contributed by atoms with E-state index in [0.29, 0.717) is 12.0 Å². The molecule has 0 aliphatic carbocycles. The van der Waals surface area contributed by atoms with Crippen LogP contribution in [0, 0.1) is 11.6 Å². The van der Waals surface area contributed by atoms with Crippen molar-refractivity contribution in [2.75, 3.05) is 0 Å². The van der Waals surface area contributed by atoms with E-state index in [-0.39, 0.29) is 0 Å². The molecule has 1 unspecified atom stereocenters. The number of halogens is 3. The lowest BCUT2D eigenvalue weighted by molar-refractivity contribution is 0.507. The molecule has 0 aliphatic rings. The van der Waals surface area contributed by atoms with Crippen molar-refractivity contribution in [3.8, 4) is 0 Å². The molecule has 0 saturated heterocycles. The minimum atomic E-state index is -0.885.